The Labute approximate surface area is 188 Å². The predicted octanol–water partition coefficient (Wildman–Crippen LogP) is 4.11. The number of esters is 1. The highest BCUT2D eigenvalue weighted by Crippen LogP contribution is 2.33. The molecule has 3 rings (SSSR count). The van der Waals surface area contributed by atoms with Crippen molar-refractivity contribution in [2.24, 2.45) is 11.8 Å². The first-order valence-corrected chi connectivity index (χ1v) is 10.8. The zero-order chi connectivity index (χ0) is 23.3. The van der Waals surface area contributed by atoms with Gasteiger partial charge in [0.25, 0.3) is 0 Å². The minimum Gasteiger partial charge on any atom is -0.461 e. The minimum absolute atomic E-state index is 0.0669. The molecular formula is C25H30FNO5. The summed E-state index contributed by atoms with van der Waals surface area (Å²) >= 11 is 0. The van der Waals surface area contributed by atoms with E-state index < -0.39 is 12.4 Å². The maximum Gasteiger partial charge on any atom is 0.303 e. The van der Waals surface area contributed by atoms with Crippen molar-refractivity contribution in [1.29, 1.82) is 0 Å². The van der Waals surface area contributed by atoms with Crippen LogP contribution >= 0.6 is 0 Å². The topological polar surface area (TPSA) is 73.9 Å². The summed E-state index contributed by atoms with van der Waals surface area (Å²) in [6.45, 7) is 7.86. The normalized spacial score (nSPS) is 22.8. The largest absolute Gasteiger partial charge is 0.461 e. The summed E-state index contributed by atoms with van der Waals surface area (Å²) in [5, 5.41) is 2.78. The number of benzene rings is 2. The third-order valence-electron chi connectivity index (χ3n) is 5.75. The standard InChI is InChI=1S/C25H30FNO5/c1-15-14-30-25(24(16(15)2)31-18(4)29)32-22-9-8-19(10-11-27-17(3)28)23(13-22)20-6-5-7-21(26)12-20/h5-9,12-13,15-16,24-25H,10-11,14H2,1-4H3,(H,27,28)/t15-,16+,24+,25?/m1/s1. The van der Waals surface area contributed by atoms with E-state index in [1.807, 2.05) is 38.1 Å². The van der Waals surface area contributed by atoms with Crippen molar-refractivity contribution in [3.63, 3.8) is 0 Å². The monoisotopic (exact) mass is 443 g/mol. The Balaban J connectivity index is 1.88. The summed E-state index contributed by atoms with van der Waals surface area (Å²) in [6, 6.07) is 11.9. The van der Waals surface area contributed by atoms with E-state index in [0.29, 0.717) is 30.9 Å². The van der Waals surface area contributed by atoms with Crippen LogP contribution in [-0.2, 0) is 25.5 Å². The molecule has 0 aliphatic carbocycles. The molecule has 1 heterocycles. The van der Waals surface area contributed by atoms with Crippen molar-refractivity contribution in [3.05, 3.63) is 53.8 Å². The first-order valence-electron chi connectivity index (χ1n) is 10.8. The molecule has 1 unspecified atom stereocenters. The molecule has 1 N–H and O–H groups in total. The van der Waals surface area contributed by atoms with Gasteiger partial charge in [-0.1, -0.05) is 32.0 Å². The molecule has 32 heavy (non-hydrogen) atoms. The molecule has 1 amide bonds. The van der Waals surface area contributed by atoms with Crippen LogP contribution in [0.4, 0.5) is 4.39 Å². The number of amides is 1. The van der Waals surface area contributed by atoms with Crippen molar-refractivity contribution in [2.75, 3.05) is 13.2 Å². The number of hydrogen-bond donors (Lipinski definition) is 1. The minimum atomic E-state index is -0.740. The van der Waals surface area contributed by atoms with Gasteiger partial charge >= 0.3 is 5.97 Å². The van der Waals surface area contributed by atoms with Gasteiger partial charge in [-0.25, -0.2) is 4.39 Å². The van der Waals surface area contributed by atoms with E-state index in [1.54, 1.807) is 6.07 Å². The summed E-state index contributed by atoms with van der Waals surface area (Å²) < 4.78 is 31.4. The van der Waals surface area contributed by atoms with Crippen molar-refractivity contribution >= 4 is 11.9 Å². The highest BCUT2D eigenvalue weighted by molar-refractivity contribution is 5.73. The molecule has 0 spiro atoms. The van der Waals surface area contributed by atoms with Crippen LogP contribution in [0.15, 0.2) is 42.5 Å². The van der Waals surface area contributed by atoms with Crippen molar-refractivity contribution in [2.45, 2.75) is 46.5 Å². The van der Waals surface area contributed by atoms with E-state index in [0.717, 1.165) is 11.1 Å². The third kappa shape index (κ3) is 6.07. The summed E-state index contributed by atoms with van der Waals surface area (Å²) in [4.78, 5) is 22.9. The van der Waals surface area contributed by atoms with Crippen LogP contribution in [0.1, 0.15) is 33.3 Å². The van der Waals surface area contributed by atoms with E-state index in [-0.39, 0.29) is 29.5 Å². The Kier molecular flexibility index (Phi) is 7.85. The molecule has 1 aliphatic rings. The highest BCUT2D eigenvalue weighted by atomic mass is 19.1. The van der Waals surface area contributed by atoms with Gasteiger partial charge in [-0.2, -0.15) is 0 Å². The number of carbonyl (C=O) groups is 2. The summed E-state index contributed by atoms with van der Waals surface area (Å²) in [6.07, 6.45) is -0.694. The van der Waals surface area contributed by atoms with Crippen LogP contribution in [0, 0.1) is 17.7 Å². The first-order chi connectivity index (χ1) is 15.2. The van der Waals surface area contributed by atoms with Crippen LogP contribution in [0.3, 0.4) is 0 Å². The number of nitrogens with one attached hydrogen (secondary N) is 1. The Morgan fingerprint density at radius 2 is 1.94 bits per heavy atom. The molecule has 0 saturated carbocycles. The van der Waals surface area contributed by atoms with Gasteiger partial charge in [0.2, 0.25) is 12.2 Å². The molecule has 172 valence electrons. The van der Waals surface area contributed by atoms with Gasteiger partial charge in [-0.3, -0.25) is 9.59 Å². The second kappa shape index (κ2) is 10.6. The average Bonchev–Trinajstić information content (AvgIpc) is 2.73. The Bertz CT molecular complexity index is 963. The van der Waals surface area contributed by atoms with E-state index >= 15 is 0 Å². The van der Waals surface area contributed by atoms with Gasteiger partial charge in [0, 0.05) is 26.3 Å². The van der Waals surface area contributed by atoms with Crippen molar-refractivity contribution < 1.29 is 28.2 Å². The zero-order valence-electron chi connectivity index (χ0n) is 18.9. The molecule has 1 aliphatic heterocycles. The summed E-state index contributed by atoms with van der Waals surface area (Å²) in [5.41, 5.74) is 2.45. The predicted molar refractivity (Wildman–Crippen MR) is 118 cm³/mol. The average molecular weight is 444 g/mol. The SMILES string of the molecule is CC(=O)NCCc1ccc(OC2OC[C@@H](C)[C@H](C)[C@@H]2OC(C)=O)cc1-c1cccc(F)c1. The maximum atomic E-state index is 13.9. The molecule has 1 fully saturated rings. The van der Waals surface area contributed by atoms with Gasteiger partial charge in [0.15, 0.2) is 6.10 Å². The van der Waals surface area contributed by atoms with Gasteiger partial charge in [0.1, 0.15) is 11.6 Å². The van der Waals surface area contributed by atoms with E-state index in [1.165, 1.54) is 26.0 Å². The lowest BCUT2D eigenvalue weighted by Gasteiger charge is -2.39. The lowest BCUT2D eigenvalue weighted by Crippen LogP contribution is -2.49. The summed E-state index contributed by atoms with van der Waals surface area (Å²) in [7, 11) is 0. The smallest absolute Gasteiger partial charge is 0.303 e. The van der Waals surface area contributed by atoms with E-state index in [4.69, 9.17) is 14.2 Å². The maximum absolute atomic E-state index is 13.9. The van der Waals surface area contributed by atoms with Crippen LogP contribution in [-0.4, -0.2) is 37.4 Å². The second-order valence-corrected chi connectivity index (χ2v) is 8.29. The van der Waals surface area contributed by atoms with Crippen LogP contribution < -0.4 is 10.1 Å². The Morgan fingerprint density at radius 1 is 1.16 bits per heavy atom. The number of ether oxygens (including phenoxy) is 3. The molecular weight excluding hydrogens is 413 g/mol. The number of rotatable bonds is 7. The molecule has 4 atom stereocenters. The molecule has 0 aromatic heterocycles. The van der Waals surface area contributed by atoms with Crippen molar-refractivity contribution in [1.82, 2.24) is 5.32 Å². The van der Waals surface area contributed by atoms with E-state index in [9.17, 15) is 14.0 Å². The quantitative estimate of drug-likeness (QED) is 0.652. The zero-order valence-corrected chi connectivity index (χ0v) is 18.9. The molecule has 6 nitrogen and oxygen atoms in total. The summed E-state index contributed by atoms with van der Waals surface area (Å²) in [5.74, 6) is -0.0182. The molecule has 1 saturated heterocycles. The fraction of sp³-hybridized carbons (Fsp3) is 0.440. The van der Waals surface area contributed by atoms with Gasteiger partial charge in [-0.15, -0.1) is 0 Å². The van der Waals surface area contributed by atoms with Crippen LogP contribution in [0.2, 0.25) is 0 Å². The van der Waals surface area contributed by atoms with Crippen molar-refractivity contribution in [3.8, 4) is 16.9 Å². The van der Waals surface area contributed by atoms with Gasteiger partial charge < -0.3 is 19.5 Å². The fourth-order valence-electron chi connectivity index (χ4n) is 3.80. The molecule has 2 aromatic carbocycles. The molecule has 0 radical (unpaired) electrons. The fourth-order valence-corrected chi connectivity index (χ4v) is 3.80. The van der Waals surface area contributed by atoms with Gasteiger partial charge in [-0.05, 0) is 53.3 Å². The Hall–Kier alpha value is -2.93. The number of halogens is 1. The van der Waals surface area contributed by atoms with Crippen LogP contribution in [0.25, 0.3) is 11.1 Å². The highest BCUT2D eigenvalue weighted by Gasteiger charge is 2.39. The van der Waals surface area contributed by atoms with Gasteiger partial charge in [0.05, 0.1) is 6.61 Å². The number of hydrogen-bond acceptors (Lipinski definition) is 5. The number of carbonyl (C=O) groups excluding carboxylic acids is 2. The Morgan fingerprint density at radius 3 is 2.62 bits per heavy atom. The van der Waals surface area contributed by atoms with Crippen LogP contribution in [0.5, 0.6) is 5.75 Å². The lowest BCUT2D eigenvalue weighted by molar-refractivity contribution is -0.220. The first kappa shape index (κ1) is 23.7. The third-order valence-corrected chi connectivity index (χ3v) is 5.75. The molecule has 0 bridgehead atoms. The second-order valence-electron chi connectivity index (χ2n) is 8.29. The molecule has 2 aromatic rings. The lowest BCUT2D eigenvalue weighted by atomic mass is 9.88. The molecule has 7 heteroatoms. The van der Waals surface area contributed by atoms with E-state index in [2.05, 4.69) is 5.32 Å².